The van der Waals surface area contributed by atoms with E-state index in [2.05, 4.69) is 21.2 Å². The summed E-state index contributed by atoms with van der Waals surface area (Å²) in [5, 5.41) is 3.07. The van der Waals surface area contributed by atoms with Crippen molar-refractivity contribution in [3.8, 4) is 16.9 Å². The van der Waals surface area contributed by atoms with Crippen LogP contribution in [0.2, 0.25) is 0 Å². The molecule has 4 rings (SSSR count). The van der Waals surface area contributed by atoms with Crippen LogP contribution in [0.3, 0.4) is 0 Å². The van der Waals surface area contributed by atoms with Crippen molar-refractivity contribution in [2.24, 2.45) is 0 Å². The number of carbonyl (C=O) groups excluding carboxylic acids is 1. The van der Waals surface area contributed by atoms with E-state index in [-0.39, 0.29) is 24.0 Å². The van der Waals surface area contributed by atoms with E-state index in [1.54, 1.807) is 41.0 Å². The number of carbonyl (C=O) groups is 1. The maximum absolute atomic E-state index is 14.1. The summed E-state index contributed by atoms with van der Waals surface area (Å²) in [6, 6.07) is 24.8. The van der Waals surface area contributed by atoms with Gasteiger partial charge >= 0.3 is 6.18 Å². The summed E-state index contributed by atoms with van der Waals surface area (Å²) < 4.78 is 44.9. The van der Waals surface area contributed by atoms with Gasteiger partial charge in [-0.05, 0) is 81.2 Å². The fourth-order valence-electron chi connectivity index (χ4n) is 4.26. The SMILES string of the molecule is CN(C)CCC(NC(=O)c1ccccc1)c1ccc(-c2ccc(Br)cc2)n1-c1ccccc1C(F)(F)F.Cl. The number of para-hydroxylation sites is 1. The number of hydrogen-bond acceptors (Lipinski definition) is 2. The van der Waals surface area contributed by atoms with Crippen LogP contribution in [-0.2, 0) is 6.18 Å². The molecule has 0 bridgehead atoms. The molecule has 1 atom stereocenters. The van der Waals surface area contributed by atoms with Gasteiger partial charge in [-0.1, -0.05) is 58.4 Å². The maximum Gasteiger partial charge on any atom is 0.418 e. The summed E-state index contributed by atoms with van der Waals surface area (Å²) in [6.07, 6.45) is -4.05. The molecule has 1 unspecified atom stereocenters. The van der Waals surface area contributed by atoms with Gasteiger partial charge in [-0.15, -0.1) is 12.4 Å². The highest BCUT2D eigenvalue weighted by atomic mass is 79.9. The highest BCUT2D eigenvalue weighted by Crippen LogP contribution is 2.38. The van der Waals surface area contributed by atoms with E-state index in [0.717, 1.165) is 16.1 Å². The molecular weight excluding hydrogens is 579 g/mol. The van der Waals surface area contributed by atoms with E-state index in [0.29, 0.717) is 29.9 Å². The first-order valence-corrected chi connectivity index (χ1v) is 12.6. The molecule has 0 saturated heterocycles. The molecule has 4 nitrogen and oxygen atoms in total. The molecule has 0 saturated carbocycles. The Bertz CT molecular complexity index is 1360. The van der Waals surface area contributed by atoms with Gasteiger partial charge in [0.25, 0.3) is 5.91 Å². The zero-order valence-corrected chi connectivity index (χ0v) is 23.3. The Hall–Kier alpha value is -3.07. The summed E-state index contributed by atoms with van der Waals surface area (Å²) in [7, 11) is 3.84. The third kappa shape index (κ3) is 6.87. The van der Waals surface area contributed by atoms with E-state index in [4.69, 9.17) is 0 Å². The molecule has 200 valence electrons. The second-order valence-corrected chi connectivity index (χ2v) is 9.90. The first kappa shape index (κ1) is 29.5. The number of amides is 1. The minimum absolute atomic E-state index is 0. The summed E-state index contributed by atoms with van der Waals surface area (Å²) >= 11 is 3.42. The standard InChI is InChI=1S/C29H27BrF3N3O.ClH/c1-35(2)19-18-24(34-28(37)21-8-4-3-5-9-21)27-17-16-25(20-12-14-22(30)15-13-20)36(27)26-11-7-6-10-23(26)29(31,32)33;/h3-17,24H,18-19H2,1-2H3,(H,34,37);1H. The summed E-state index contributed by atoms with van der Waals surface area (Å²) in [5.74, 6) is -0.286. The largest absolute Gasteiger partial charge is 0.418 e. The van der Waals surface area contributed by atoms with Crippen LogP contribution in [0.5, 0.6) is 0 Å². The molecule has 1 N–H and O–H groups in total. The molecule has 9 heteroatoms. The number of aromatic nitrogens is 1. The van der Waals surface area contributed by atoms with Gasteiger partial charge in [-0.2, -0.15) is 13.2 Å². The van der Waals surface area contributed by atoms with Crippen molar-refractivity contribution in [1.29, 1.82) is 0 Å². The van der Waals surface area contributed by atoms with Gasteiger partial charge in [0, 0.05) is 15.7 Å². The number of rotatable bonds is 8. The molecule has 3 aromatic carbocycles. The van der Waals surface area contributed by atoms with Crippen molar-refractivity contribution in [1.82, 2.24) is 14.8 Å². The first-order chi connectivity index (χ1) is 17.6. The van der Waals surface area contributed by atoms with Crippen molar-refractivity contribution in [3.05, 3.63) is 112 Å². The van der Waals surface area contributed by atoms with Gasteiger partial charge < -0.3 is 14.8 Å². The van der Waals surface area contributed by atoms with Crippen molar-refractivity contribution in [2.45, 2.75) is 18.6 Å². The second-order valence-electron chi connectivity index (χ2n) is 8.98. The van der Waals surface area contributed by atoms with E-state index in [9.17, 15) is 18.0 Å². The number of nitrogens with one attached hydrogen (secondary N) is 1. The molecule has 1 amide bonds. The molecule has 0 aliphatic carbocycles. The van der Waals surface area contributed by atoms with Crippen LogP contribution in [0.1, 0.15) is 34.1 Å². The van der Waals surface area contributed by atoms with E-state index in [1.165, 1.54) is 12.1 Å². The lowest BCUT2D eigenvalue weighted by molar-refractivity contribution is -0.137. The number of halogens is 5. The Morgan fingerprint density at radius 1 is 0.921 bits per heavy atom. The van der Waals surface area contributed by atoms with Crippen LogP contribution in [0.15, 0.2) is 95.5 Å². The Morgan fingerprint density at radius 3 is 2.18 bits per heavy atom. The quantitative estimate of drug-likeness (QED) is 0.223. The smallest absolute Gasteiger partial charge is 0.344 e. The third-order valence-electron chi connectivity index (χ3n) is 6.06. The molecule has 0 aliphatic heterocycles. The Labute approximate surface area is 235 Å². The minimum Gasteiger partial charge on any atom is -0.344 e. The molecule has 0 spiro atoms. The van der Waals surface area contributed by atoms with Gasteiger partial charge in [0.1, 0.15) is 0 Å². The molecule has 0 fully saturated rings. The zero-order chi connectivity index (χ0) is 26.6. The summed E-state index contributed by atoms with van der Waals surface area (Å²) in [6.45, 7) is 0.624. The van der Waals surface area contributed by atoms with Crippen LogP contribution < -0.4 is 5.32 Å². The predicted octanol–water partition coefficient (Wildman–Crippen LogP) is 7.77. The summed E-state index contributed by atoms with van der Waals surface area (Å²) in [4.78, 5) is 15.1. The Kier molecular flexibility index (Phi) is 9.82. The van der Waals surface area contributed by atoms with Crippen molar-refractivity contribution in [2.75, 3.05) is 20.6 Å². The molecule has 0 radical (unpaired) electrons. The maximum atomic E-state index is 14.1. The molecule has 1 heterocycles. The van der Waals surface area contributed by atoms with Crippen LogP contribution >= 0.6 is 28.3 Å². The number of hydrogen-bond donors (Lipinski definition) is 1. The second kappa shape index (κ2) is 12.7. The fraction of sp³-hybridized carbons (Fsp3) is 0.207. The van der Waals surface area contributed by atoms with Crippen LogP contribution in [-0.4, -0.2) is 36.0 Å². The number of benzene rings is 3. The van der Waals surface area contributed by atoms with Gasteiger partial charge in [0.2, 0.25) is 0 Å². The number of nitrogens with zero attached hydrogens (tertiary/aromatic N) is 2. The Balaban J connectivity index is 0.00000400. The van der Waals surface area contributed by atoms with Gasteiger partial charge in [0.15, 0.2) is 0 Å². The van der Waals surface area contributed by atoms with Gasteiger partial charge in [-0.25, -0.2) is 0 Å². The average Bonchev–Trinajstić information content (AvgIpc) is 3.31. The van der Waals surface area contributed by atoms with Crippen LogP contribution in [0, 0.1) is 0 Å². The molecule has 4 aromatic rings. The lowest BCUT2D eigenvalue weighted by Gasteiger charge is -2.25. The molecular formula is C29H28BrClF3N3O. The monoisotopic (exact) mass is 605 g/mol. The van der Waals surface area contributed by atoms with Gasteiger partial charge in [0.05, 0.1) is 23.0 Å². The number of alkyl halides is 3. The predicted molar refractivity (Wildman–Crippen MR) is 151 cm³/mol. The third-order valence-corrected chi connectivity index (χ3v) is 6.59. The molecule has 1 aromatic heterocycles. The zero-order valence-electron chi connectivity index (χ0n) is 20.9. The van der Waals surface area contributed by atoms with Crippen LogP contribution in [0.25, 0.3) is 16.9 Å². The fourth-order valence-corrected chi connectivity index (χ4v) is 4.52. The van der Waals surface area contributed by atoms with E-state index in [1.807, 2.05) is 55.4 Å². The average molecular weight is 607 g/mol. The van der Waals surface area contributed by atoms with Crippen molar-refractivity contribution >= 4 is 34.2 Å². The van der Waals surface area contributed by atoms with E-state index >= 15 is 0 Å². The highest BCUT2D eigenvalue weighted by molar-refractivity contribution is 9.10. The molecule has 0 aliphatic rings. The highest BCUT2D eigenvalue weighted by Gasteiger charge is 2.35. The Morgan fingerprint density at radius 2 is 1.55 bits per heavy atom. The topological polar surface area (TPSA) is 37.3 Å². The lowest BCUT2D eigenvalue weighted by atomic mass is 10.1. The van der Waals surface area contributed by atoms with Gasteiger partial charge in [-0.3, -0.25) is 4.79 Å². The van der Waals surface area contributed by atoms with Crippen LogP contribution in [0.4, 0.5) is 13.2 Å². The van der Waals surface area contributed by atoms with Crippen molar-refractivity contribution in [3.63, 3.8) is 0 Å². The molecule has 38 heavy (non-hydrogen) atoms. The first-order valence-electron chi connectivity index (χ1n) is 11.8. The van der Waals surface area contributed by atoms with Crippen molar-refractivity contribution < 1.29 is 18.0 Å². The summed E-state index contributed by atoms with van der Waals surface area (Å²) in [5.41, 5.74) is 1.68. The minimum atomic E-state index is -4.55. The lowest BCUT2D eigenvalue weighted by Crippen LogP contribution is -2.32. The normalized spacial score (nSPS) is 12.2. The van der Waals surface area contributed by atoms with E-state index < -0.39 is 17.8 Å².